The van der Waals surface area contributed by atoms with E-state index in [2.05, 4.69) is 6.07 Å². The minimum atomic E-state index is -0.312. The average Bonchev–Trinajstić information content (AvgIpc) is 2.92. The zero-order valence-corrected chi connectivity index (χ0v) is 13.0. The molecule has 0 bridgehead atoms. The third-order valence-corrected chi connectivity index (χ3v) is 5.09. The Morgan fingerprint density at radius 3 is 2.78 bits per heavy atom. The van der Waals surface area contributed by atoms with Crippen molar-refractivity contribution in [3.05, 3.63) is 47.5 Å². The Kier molecular flexibility index (Phi) is 3.08. The highest BCUT2D eigenvalue weighted by Gasteiger charge is 2.46. The molecule has 4 nitrogen and oxygen atoms in total. The molecule has 23 heavy (non-hydrogen) atoms. The number of phenols is 2. The van der Waals surface area contributed by atoms with Crippen LogP contribution in [0.2, 0.25) is 0 Å². The lowest BCUT2D eigenvalue weighted by Gasteiger charge is -2.36. The van der Waals surface area contributed by atoms with E-state index in [0.29, 0.717) is 5.75 Å². The molecule has 1 atom stereocenters. The molecule has 1 aliphatic heterocycles. The maximum absolute atomic E-state index is 10.1. The van der Waals surface area contributed by atoms with E-state index >= 15 is 0 Å². The predicted molar refractivity (Wildman–Crippen MR) is 89.1 cm³/mol. The van der Waals surface area contributed by atoms with E-state index in [-0.39, 0.29) is 16.9 Å². The fourth-order valence-electron chi connectivity index (χ4n) is 4.02. The van der Waals surface area contributed by atoms with E-state index in [9.17, 15) is 10.2 Å². The quantitative estimate of drug-likeness (QED) is 0.823. The molecule has 0 spiro atoms. The summed E-state index contributed by atoms with van der Waals surface area (Å²) in [5.41, 5.74) is 3.97. The summed E-state index contributed by atoms with van der Waals surface area (Å²) in [4.78, 5) is 4.86. The van der Waals surface area contributed by atoms with Gasteiger partial charge in [-0.15, -0.1) is 0 Å². The number of ether oxygens (including phenoxy) is 1. The van der Waals surface area contributed by atoms with Gasteiger partial charge in [0, 0.05) is 5.71 Å². The Morgan fingerprint density at radius 1 is 1.13 bits per heavy atom. The number of para-hydroxylation sites is 1. The van der Waals surface area contributed by atoms with Gasteiger partial charge in [-0.1, -0.05) is 24.6 Å². The predicted octanol–water partition coefficient (Wildman–Crippen LogP) is 4.05. The molecule has 2 aromatic rings. The maximum Gasteiger partial charge on any atom is 0.200 e. The third kappa shape index (κ3) is 1.87. The van der Waals surface area contributed by atoms with E-state index in [0.717, 1.165) is 42.6 Å². The Hall–Kier alpha value is -2.49. The number of phenolic OH excluding ortho intramolecular Hbond substituents is 2. The minimum Gasteiger partial charge on any atom is -0.504 e. The number of fused-ring (bicyclic) bond motifs is 3. The molecule has 2 aliphatic rings. The van der Waals surface area contributed by atoms with Gasteiger partial charge in [0.15, 0.2) is 11.5 Å². The standard InChI is InChI=1S/C19H19NO3/c1-23-16-11-12(10-15(21)18(16)22)19-9-5-4-8-17(19)20-14-7-3-2-6-13(14)19/h2-3,6-7,10-11,21-22H,4-5,8-9H2,1H3/t19-/m1/s1. The molecule has 0 amide bonds. The van der Waals surface area contributed by atoms with E-state index in [1.807, 2.05) is 24.3 Å². The lowest BCUT2D eigenvalue weighted by Crippen LogP contribution is -2.37. The van der Waals surface area contributed by atoms with Crippen LogP contribution in [0.15, 0.2) is 41.4 Å². The fourth-order valence-corrected chi connectivity index (χ4v) is 4.02. The number of rotatable bonds is 2. The van der Waals surface area contributed by atoms with Crippen LogP contribution >= 0.6 is 0 Å². The van der Waals surface area contributed by atoms with Crippen molar-refractivity contribution in [2.24, 2.45) is 4.99 Å². The van der Waals surface area contributed by atoms with Crippen LogP contribution in [0.5, 0.6) is 17.2 Å². The van der Waals surface area contributed by atoms with E-state index < -0.39 is 0 Å². The van der Waals surface area contributed by atoms with E-state index in [1.54, 1.807) is 6.07 Å². The molecule has 0 aromatic heterocycles. The second-order valence-electron chi connectivity index (χ2n) is 6.23. The fraction of sp³-hybridized carbons (Fsp3) is 0.316. The first-order valence-corrected chi connectivity index (χ1v) is 7.95. The lowest BCUT2D eigenvalue weighted by molar-refractivity contribution is 0.349. The van der Waals surface area contributed by atoms with Gasteiger partial charge in [0.25, 0.3) is 0 Å². The normalized spacial score (nSPS) is 22.2. The second-order valence-corrected chi connectivity index (χ2v) is 6.23. The van der Waals surface area contributed by atoms with Gasteiger partial charge in [0.1, 0.15) is 0 Å². The van der Waals surface area contributed by atoms with Gasteiger partial charge in [0.05, 0.1) is 18.2 Å². The molecule has 1 heterocycles. The van der Waals surface area contributed by atoms with E-state index in [1.165, 1.54) is 12.7 Å². The van der Waals surface area contributed by atoms with Gasteiger partial charge in [-0.05, 0) is 48.6 Å². The first-order valence-electron chi connectivity index (χ1n) is 7.95. The number of hydrogen-bond acceptors (Lipinski definition) is 4. The number of methoxy groups -OCH3 is 1. The zero-order valence-electron chi connectivity index (χ0n) is 13.0. The van der Waals surface area contributed by atoms with Crippen molar-refractivity contribution >= 4 is 11.4 Å². The summed E-state index contributed by atoms with van der Waals surface area (Å²) in [7, 11) is 1.49. The molecular formula is C19H19NO3. The van der Waals surface area contributed by atoms with Crippen LogP contribution in [0.3, 0.4) is 0 Å². The zero-order chi connectivity index (χ0) is 16.0. The van der Waals surface area contributed by atoms with Gasteiger partial charge < -0.3 is 14.9 Å². The molecule has 1 fully saturated rings. The van der Waals surface area contributed by atoms with Gasteiger partial charge >= 0.3 is 0 Å². The minimum absolute atomic E-state index is 0.150. The Bertz CT molecular complexity index is 812. The summed E-state index contributed by atoms with van der Waals surface area (Å²) in [5.74, 6) is -0.0695. The van der Waals surface area contributed by atoms with Gasteiger partial charge in [0.2, 0.25) is 5.75 Å². The number of aromatic hydroxyl groups is 2. The van der Waals surface area contributed by atoms with Crippen molar-refractivity contribution in [1.29, 1.82) is 0 Å². The van der Waals surface area contributed by atoms with Crippen molar-refractivity contribution in [3.63, 3.8) is 0 Å². The highest BCUT2D eigenvalue weighted by molar-refractivity contribution is 6.05. The summed E-state index contributed by atoms with van der Waals surface area (Å²) in [5, 5.41) is 20.1. The SMILES string of the molecule is COc1cc([C@@]23CCCCC2=Nc2ccccc23)cc(O)c1O. The smallest absolute Gasteiger partial charge is 0.200 e. The molecule has 0 radical (unpaired) electrons. The van der Waals surface area contributed by atoms with Crippen molar-refractivity contribution in [2.75, 3.05) is 7.11 Å². The highest BCUT2D eigenvalue weighted by atomic mass is 16.5. The Morgan fingerprint density at radius 2 is 1.96 bits per heavy atom. The van der Waals surface area contributed by atoms with Crippen LogP contribution < -0.4 is 4.74 Å². The van der Waals surface area contributed by atoms with Crippen molar-refractivity contribution in [3.8, 4) is 17.2 Å². The largest absolute Gasteiger partial charge is 0.504 e. The van der Waals surface area contributed by atoms with Gasteiger partial charge in [-0.3, -0.25) is 4.99 Å². The topological polar surface area (TPSA) is 62.0 Å². The summed E-state index contributed by atoms with van der Waals surface area (Å²) < 4.78 is 5.24. The molecule has 0 saturated heterocycles. The number of benzene rings is 2. The maximum atomic E-state index is 10.1. The molecule has 2 N–H and O–H groups in total. The molecule has 1 aliphatic carbocycles. The number of nitrogens with zero attached hydrogens (tertiary/aromatic N) is 1. The number of hydrogen-bond donors (Lipinski definition) is 2. The molecule has 4 rings (SSSR count). The average molecular weight is 309 g/mol. The molecule has 1 saturated carbocycles. The van der Waals surface area contributed by atoms with Crippen LogP contribution in [0, 0.1) is 0 Å². The number of aliphatic imine (C=N–C) groups is 1. The van der Waals surface area contributed by atoms with Crippen molar-refractivity contribution < 1.29 is 14.9 Å². The molecule has 2 aromatic carbocycles. The summed E-state index contributed by atoms with van der Waals surface area (Å²) in [6, 6.07) is 11.7. The van der Waals surface area contributed by atoms with Crippen LogP contribution in [0.25, 0.3) is 0 Å². The summed E-state index contributed by atoms with van der Waals surface area (Å²) in [6.07, 6.45) is 4.15. The Balaban J connectivity index is 1.98. The monoisotopic (exact) mass is 309 g/mol. The first kappa shape index (κ1) is 14.1. The summed E-state index contributed by atoms with van der Waals surface area (Å²) in [6.45, 7) is 0. The third-order valence-electron chi connectivity index (χ3n) is 5.09. The van der Waals surface area contributed by atoms with Crippen LogP contribution in [-0.4, -0.2) is 23.0 Å². The van der Waals surface area contributed by atoms with Crippen LogP contribution in [-0.2, 0) is 5.41 Å². The highest BCUT2D eigenvalue weighted by Crippen LogP contribution is 2.53. The summed E-state index contributed by atoms with van der Waals surface area (Å²) >= 11 is 0. The van der Waals surface area contributed by atoms with Gasteiger partial charge in [-0.2, -0.15) is 0 Å². The lowest BCUT2D eigenvalue weighted by atomic mass is 9.65. The van der Waals surface area contributed by atoms with Gasteiger partial charge in [-0.25, -0.2) is 0 Å². The molecule has 0 unspecified atom stereocenters. The van der Waals surface area contributed by atoms with Crippen molar-refractivity contribution in [2.45, 2.75) is 31.1 Å². The molecule has 118 valence electrons. The van der Waals surface area contributed by atoms with Crippen LogP contribution in [0.4, 0.5) is 5.69 Å². The van der Waals surface area contributed by atoms with Crippen molar-refractivity contribution in [1.82, 2.24) is 0 Å². The molecule has 4 heteroatoms. The first-order chi connectivity index (χ1) is 11.2. The second kappa shape index (κ2) is 5.01. The van der Waals surface area contributed by atoms with E-state index in [4.69, 9.17) is 9.73 Å². The van der Waals surface area contributed by atoms with Crippen LogP contribution in [0.1, 0.15) is 36.8 Å². The Labute approximate surface area is 135 Å². The molecular weight excluding hydrogens is 290 g/mol.